The van der Waals surface area contributed by atoms with Crippen LogP contribution in [0.3, 0.4) is 0 Å². The summed E-state index contributed by atoms with van der Waals surface area (Å²) < 4.78 is 0. The first-order valence-electron chi connectivity index (χ1n) is 7.91. The number of carbonyl (C=O) groups excluding carboxylic acids is 2. The van der Waals surface area contributed by atoms with Crippen molar-refractivity contribution in [1.29, 1.82) is 0 Å². The average molecular weight is 321 g/mol. The summed E-state index contributed by atoms with van der Waals surface area (Å²) in [7, 11) is 1.79. The second-order valence-corrected chi connectivity index (χ2v) is 7.30. The maximum Gasteiger partial charge on any atom is 0.226 e. The Morgan fingerprint density at radius 1 is 1.50 bits per heavy atom. The molecule has 1 saturated heterocycles. The normalized spacial score (nSPS) is 31.7. The van der Waals surface area contributed by atoms with Gasteiger partial charge in [0.05, 0.1) is 12.0 Å². The van der Waals surface area contributed by atoms with E-state index in [9.17, 15) is 9.59 Å². The van der Waals surface area contributed by atoms with E-state index in [0.29, 0.717) is 18.9 Å². The predicted molar refractivity (Wildman–Crippen MR) is 86.3 cm³/mol. The zero-order valence-corrected chi connectivity index (χ0v) is 13.6. The SMILES string of the molecule is CN1C(=O)CC(C(=O)NC2CCCC2CN)C1c1cccs1. The van der Waals surface area contributed by atoms with Crippen molar-refractivity contribution in [2.24, 2.45) is 17.6 Å². The number of nitrogens with one attached hydrogen (secondary N) is 1. The summed E-state index contributed by atoms with van der Waals surface area (Å²) in [6.45, 7) is 0.614. The molecule has 22 heavy (non-hydrogen) atoms. The summed E-state index contributed by atoms with van der Waals surface area (Å²) >= 11 is 1.60. The number of nitrogens with zero attached hydrogens (tertiary/aromatic N) is 1. The number of hydrogen-bond acceptors (Lipinski definition) is 4. The predicted octanol–water partition coefficient (Wildman–Crippen LogP) is 1.51. The molecule has 1 aromatic heterocycles. The third-order valence-electron chi connectivity index (χ3n) is 5.05. The Morgan fingerprint density at radius 2 is 2.32 bits per heavy atom. The number of thiophene rings is 1. The van der Waals surface area contributed by atoms with Crippen molar-refractivity contribution in [2.75, 3.05) is 13.6 Å². The first kappa shape index (κ1) is 15.5. The molecular formula is C16H23N3O2S. The molecule has 0 bridgehead atoms. The smallest absolute Gasteiger partial charge is 0.226 e. The van der Waals surface area contributed by atoms with Gasteiger partial charge in [-0.2, -0.15) is 0 Å². The lowest BCUT2D eigenvalue weighted by Gasteiger charge is -2.26. The van der Waals surface area contributed by atoms with Gasteiger partial charge in [-0.15, -0.1) is 11.3 Å². The van der Waals surface area contributed by atoms with Gasteiger partial charge >= 0.3 is 0 Å². The Morgan fingerprint density at radius 3 is 3.00 bits per heavy atom. The van der Waals surface area contributed by atoms with E-state index in [-0.39, 0.29) is 29.8 Å². The van der Waals surface area contributed by atoms with Crippen LogP contribution in [0.4, 0.5) is 0 Å². The van der Waals surface area contributed by atoms with Gasteiger partial charge in [-0.05, 0) is 36.8 Å². The summed E-state index contributed by atoms with van der Waals surface area (Å²) in [5.74, 6) is 0.121. The van der Waals surface area contributed by atoms with Gasteiger partial charge in [0.15, 0.2) is 0 Å². The molecule has 3 rings (SSSR count). The number of likely N-dealkylation sites (tertiary alicyclic amines) is 1. The summed E-state index contributed by atoms with van der Waals surface area (Å²) in [6, 6.07) is 4.00. The minimum Gasteiger partial charge on any atom is -0.353 e. The highest BCUT2D eigenvalue weighted by molar-refractivity contribution is 7.10. The first-order chi connectivity index (χ1) is 10.6. The van der Waals surface area contributed by atoms with Gasteiger partial charge in [0.2, 0.25) is 11.8 Å². The molecule has 2 heterocycles. The zero-order chi connectivity index (χ0) is 15.7. The second kappa shape index (κ2) is 6.38. The molecule has 0 aromatic carbocycles. The van der Waals surface area contributed by atoms with Crippen LogP contribution in [0.15, 0.2) is 17.5 Å². The van der Waals surface area contributed by atoms with E-state index in [1.54, 1.807) is 23.3 Å². The van der Waals surface area contributed by atoms with Crippen LogP contribution in [0.1, 0.15) is 36.6 Å². The molecule has 1 saturated carbocycles. The second-order valence-electron chi connectivity index (χ2n) is 6.32. The van der Waals surface area contributed by atoms with E-state index in [1.165, 1.54) is 0 Å². The van der Waals surface area contributed by atoms with Crippen LogP contribution in [0.25, 0.3) is 0 Å². The molecule has 4 unspecified atom stereocenters. The number of hydrogen-bond donors (Lipinski definition) is 2. The highest BCUT2D eigenvalue weighted by atomic mass is 32.1. The van der Waals surface area contributed by atoms with Crippen LogP contribution in [0, 0.1) is 11.8 Å². The highest BCUT2D eigenvalue weighted by Gasteiger charge is 2.44. The molecule has 1 aromatic rings. The van der Waals surface area contributed by atoms with E-state index in [4.69, 9.17) is 5.73 Å². The third kappa shape index (κ3) is 2.77. The van der Waals surface area contributed by atoms with Crippen LogP contribution in [-0.2, 0) is 9.59 Å². The summed E-state index contributed by atoms with van der Waals surface area (Å²) in [5.41, 5.74) is 5.79. The van der Waals surface area contributed by atoms with E-state index in [0.717, 1.165) is 24.1 Å². The lowest BCUT2D eigenvalue weighted by molar-refractivity contribution is -0.128. The molecule has 2 aliphatic rings. The van der Waals surface area contributed by atoms with Gasteiger partial charge in [0, 0.05) is 24.4 Å². The summed E-state index contributed by atoms with van der Waals surface area (Å²) in [5, 5.41) is 5.15. The lowest BCUT2D eigenvalue weighted by atomic mass is 9.96. The Labute approximate surface area is 134 Å². The summed E-state index contributed by atoms with van der Waals surface area (Å²) in [6.07, 6.45) is 3.49. The highest BCUT2D eigenvalue weighted by Crippen LogP contribution is 2.39. The van der Waals surface area contributed by atoms with Crippen molar-refractivity contribution in [3.63, 3.8) is 0 Å². The third-order valence-corrected chi connectivity index (χ3v) is 5.99. The first-order valence-corrected chi connectivity index (χ1v) is 8.79. The number of nitrogens with two attached hydrogens (primary N) is 1. The maximum absolute atomic E-state index is 12.7. The molecule has 120 valence electrons. The Bertz CT molecular complexity index is 546. The van der Waals surface area contributed by atoms with Crippen molar-refractivity contribution < 1.29 is 9.59 Å². The fourth-order valence-electron chi connectivity index (χ4n) is 3.75. The molecule has 4 atom stereocenters. The van der Waals surface area contributed by atoms with Crippen LogP contribution in [-0.4, -0.2) is 36.3 Å². The minimum atomic E-state index is -0.296. The largest absolute Gasteiger partial charge is 0.353 e. The lowest BCUT2D eigenvalue weighted by Crippen LogP contribution is -2.43. The standard InChI is InChI=1S/C16H23N3O2S/c1-19-14(20)8-11(15(19)13-6-3-7-22-13)16(21)18-12-5-2-4-10(12)9-17/h3,6-7,10-12,15H,2,4-5,8-9,17H2,1H3,(H,18,21). The van der Waals surface area contributed by atoms with Crippen molar-refractivity contribution in [3.8, 4) is 0 Å². The van der Waals surface area contributed by atoms with Gasteiger partial charge in [-0.3, -0.25) is 9.59 Å². The van der Waals surface area contributed by atoms with Crippen LogP contribution in [0.2, 0.25) is 0 Å². The molecule has 2 amide bonds. The summed E-state index contributed by atoms with van der Waals surface area (Å²) in [4.78, 5) is 27.6. The zero-order valence-electron chi connectivity index (χ0n) is 12.8. The van der Waals surface area contributed by atoms with Crippen LogP contribution < -0.4 is 11.1 Å². The fraction of sp³-hybridized carbons (Fsp3) is 0.625. The van der Waals surface area contributed by atoms with E-state index in [1.807, 2.05) is 17.5 Å². The molecular weight excluding hydrogens is 298 g/mol. The minimum absolute atomic E-state index is 0.00134. The van der Waals surface area contributed by atoms with Crippen LogP contribution >= 0.6 is 11.3 Å². The van der Waals surface area contributed by atoms with Gasteiger partial charge < -0.3 is 16.0 Å². The Kier molecular flexibility index (Phi) is 4.49. The van der Waals surface area contributed by atoms with Gasteiger partial charge in [0.1, 0.15) is 0 Å². The quantitative estimate of drug-likeness (QED) is 0.882. The van der Waals surface area contributed by atoms with E-state index in [2.05, 4.69) is 5.32 Å². The molecule has 5 nitrogen and oxygen atoms in total. The number of amides is 2. The van der Waals surface area contributed by atoms with Gasteiger partial charge in [0.25, 0.3) is 0 Å². The number of carbonyl (C=O) groups is 2. The molecule has 3 N–H and O–H groups in total. The Hall–Kier alpha value is -1.40. The number of rotatable bonds is 4. The topological polar surface area (TPSA) is 75.4 Å². The van der Waals surface area contributed by atoms with Crippen LogP contribution in [0.5, 0.6) is 0 Å². The molecule has 0 spiro atoms. The van der Waals surface area contributed by atoms with E-state index < -0.39 is 0 Å². The van der Waals surface area contributed by atoms with E-state index >= 15 is 0 Å². The van der Waals surface area contributed by atoms with Gasteiger partial charge in [-0.1, -0.05) is 12.5 Å². The van der Waals surface area contributed by atoms with Crippen molar-refractivity contribution in [1.82, 2.24) is 10.2 Å². The van der Waals surface area contributed by atoms with Crippen molar-refractivity contribution >= 4 is 23.2 Å². The average Bonchev–Trinajstić information content (AvgIpc) is 3.21. The molecule has 0 radical (unpaired) electrons. The van der Waals surface area contributed by atoms with Crippen molar-refractivity contribution in [3.05, 3.63) is 22.4 Å². The molecule has 1 aliphatic carbocycles. The monoisotopic (exact) mass is 321 g/mol. The maximum atomic E-state index is 12.7. The molecule has 2 fully saturated rings. The molecule has 1 aliphatic heterocycles. The Balaban J connectivity index is 1.74. The van der Waals surface area contributed by atoms with Gasteiger partial charge in [-0.25, -0.2) is 0 Å². The van der Waals surface area contributed by atoms with Crippen molar-refractivity contribution in [2.45, 2.75) is 37.8 Å². The molecule has 6 heteroatoms. The fourth-order valence-corrected chi connectivity index (χ4v) is 4.69.